The molecule has 1 aromatic carbocycles. The first-order valence-corrected chi connectivity index (χ1v) is 8.65. The molecule has 0 spiro atoms. The van der Waals surface area contributed by atoms with Crippen LogP contribution in [0.3, 0.4) is 0 Å². The number of rotatable bonds is 1. The Morgan fingerprint density at radius 2 is 1.86 bits per heavy atom. The summed E-state index contributed by atoms with van der Waals surface area (Å²) >= 11 is 0. The summed E-state index contributed by atoms with van der Waals surface area (Å²) in [5, 5.41) is 0.452. The lowest BCUT2D eigenvalue weighted by molar-refractivity contribution is 0.426. The SMILES string of the molecule is Cc1ccc2c(=O)n(C3CCS(=O)(=O)CC3)c(=O)[nH]c2c1. The normalized spacial score (nSPS) is 18.9. The Kier molecular flexibility index (Phi) is 3.24. The van der Waals surface area contributed by atoms with Gasteiger partial charge in [-0.25, -0.2) is 13.2 Å². The molecule has 0 unspecified atom stereocenters. The van der Waals surface area contributed by atoms with Crippen molar-refractivity contribution in [1.29, 1.82) is 0 Å². The average molecular weight is 308 g/mol. The fraction of sp³-hybridized carbons (Fsp3) is 0.429. The third kappa shape index (κ3) is 2.53. The summed E-state index contributed by atoms with van der Waals surface area (Å²) < 4.78 is 24.1. The number of nitrogens with zero attached hydrogens (tertiary/aromatic N) is 1. The number of sulfone groups is 1. The largest absolute Gasteiger partial charge is 0.329 e. The van der Waals surface area contributed by atoms with Crippen LogP contribution in [-0.4, -0.2) is 29.5 Å². The van der Waals surface area contributed by atoms with Crippen molar-refractivity contribution < 1.29 is 8.42 Å². The quantitative estimate of drug-likeness (QED) is 0.842. The van der Waals surface area contributed by atoms with E-state index in [-0.39, 0.29) is 23.1 Å². The standard InChI is InChI=1S/C14H16N2O4S/c1-9-2-3-11-12(8-9)15-14(18)16(13(11)17)10-4-6-21(19,20)7-5-10/h2-3,8,10H,4-7H2,1H3,(H,15,18). The van der Waals surface area contributed by atoms with Crippen LogP contribution in [0.4, 0.5) is 0 Å². The second-order valence-corrected chi connectivity index (χ2v) is 7.84. The zero-order valence-corrected chi connectivity index (χ0v) is 12.4. The van der Waals surface area contributed by atoms with Gasteiger partial charge in [-0.05, 0) is 37.5 Å². The van der Waals surface area contributed by atoms with Crippen LogP contribution in [0.5, 0.6) is 0 Å². The highest BCUT2D eigenvalue weighted by Crippen LogP contribution is 2.21. The van der Waals surface area contributed by atoms with Gasteiger partial charge in [-0.15, -0.1) is 0 Å². The maximum absolute atomic E-state index is 12.5. The molecule has 0 saturated carbocycles. The molecule has 0 atom stereocenters. The van der Waals surface area contributed by atoms with Gasteiger partial charge in [0.25, 0.3) is 5.56 Å². The van der Waals surface area contributed by atoms with E-state index in [1.54, 1.807) is 12.1 Å². The van der Waals surface area contributed by atoms with Crippen molar-refractivity contribution in [2.24, 2.45) is 0 Å². The second kappa shape index (κ2) is 4.84. The predicted molar refractivity (Wildman–Crippen MR) is 80.5 cm³/mol. The van der Waals surface area contributed by atoms with Crippen molar-refractivity contribution in [2.45, 2.75) is 25.8 Å². The highest BCUT2D eigenvalue weighted by Gasteiger charge is 2.27. The molecule has 0 radical (unpaired) electrons. The van der Waals surface area contributed by atoms with Crippen LogP contribution in [0.15, 0.2) is 27.8 Å². The minimum atomic E-state index is -3.03. The Bertz CT molecular complexity index is 910. The van der Waals surface area contributed by atoms with Gasteiger partial charge in [0.2, 0.25) is 0 Å². The fourth-order valence-corrected chi connectivity index (χ4v) is 4.28. The number of nitrogens with one attached hydrogen (secondary N) is 1. The van der Waals surface area contributed by atoms with E-state index < -0.39 is 15.5 Å². The van der Waals surface area contributed by atoms with Crippen molar-refractivity contribution in [2.75, 3.05) is 11.5 Å². The molecule has 2 heterocycles. The molecular formula is C14H16N2O4S. The summed E-state index contributed by atoms with van der Waals surface area (Å²) in [5.41, 5.74) is 0.657. The fourth-order valence-electron chi connectivity index (χ4n) is 2.81. The summed E-state index contributed by atoms with van der Waals surface area (Å²) in [6, 6.07) is 4.92. The number of aromatic nitrogens is 2. The molecular weight excluding hydrogens is 292 g/mol. The molecule has 0 bridgehead atoms. The Morgan fingerprint density at radius 3 is 2.52 bits per heavy atom. The van der Waals surface area contributed by atoms with Crippen molar-refractivity contribution in [1.82, 2.24) is 9.55 Å². The molecule has 6 nitrogen and oxygen atoms in total. The van der Waals surface area contributed by atoms with E-state index in [2.05, 4.69) is 4.98 Å². The predicted octanol–water partition coefficient (Wildman–Crippen LogP) is 0.748. The van der Waals surface area contributed by atoms with Gasteiger partial charge in [0.05, 0.1) is 22.4 Å². The third-order valence-corrected chi connectivity index (χ3v) is 5.69. The molecule has 2 aromatic rings. The number of fused-ring (bicyclic) bond motifs is 1. The molecule has 1 aliphatic heterocycles. The number of H-pyrrole nitrogens is 1. The van der Waals surface area contributed by atoms with Gasteiger partial charge in [-0.1, -0.05) is 6.07 Å². The minimum absolute atomic E-state index is 0.0233. The minimum Gasteiger partial charge on any atom is -0.307 e. The van der Waals surface area contributed by atoms with E-state index in [4.69, 9.17) is 0 Å². The topological polar surface area (TPSA) is 89.0 Å². The summed E-state index contributed by atoms with van der Waals surface area (Å²) in [6.07, 6.45) is 0.616. The van der Waals surface area contributed by atoms with E-state index in [9.17, 15) is 18.0 Å². The Morgan fingerprint density at radius 1 is 1.19 bits per heavy atom. The molecule has 1 aromatic heterocycles. The first-order valence-electron chi connectivity index (χ1n) is 6.83. The molecule has 0 aliphatic carbocycles. The Labute approximate surface area is 121 Å². The molecule has 7 heteroatoms. The maximum Gasteiger partial charge on any atom is 0.329 e. The molecule has 1 N–H and O–H groups in total. The summed E-state index contributed by atoms with van der Waals surface area (Å²) in [4.78, 5) is 27.4. The molecule has 1 fully saturated rings. The monoisotopic (exact) mass is 308 g/mol. The highest BCUT2D eigenvalue weighted by atomic mass is 32.2. The van der Waals surface area contributed by atoms with E-state index in [0.29, 0.717) is 23.7 Å². The maximum atomic E-state index is 12.5. The van der Waals surface area contributed by atoms with Gasteiger partial charge in [-0.2, -0.15) is 0 Å². The van der Waals surface area contributed by atoms with Gasteiger partial charge in [0.15, 0.2) is 0 Å². The van der Waals surface area contributed by atoms with E-state index >= 15 is 0 Å². The van der Waals surface area contributed by atoms with Gasteiger partial charge >= 0.3 is 5.69 Å². The van der Waals surface area contributed by atoms with E-state index in [1.165, 1.54) is 4.57 Å². The summed E-state index contributed by atoms with van der Waals surface area (Å²) in [7, 11) is -3.03. The van der Waals surface area contributed by atoms with Crippen molar-refractivity contribution in [3.63, 3.8) is 0 Å². The van der Waals surface area contributed by atoms with Crippen LogP contribution < -0.4 is 11.2 Å². The van der Waals surface area contributed by atoms with Crippen molar-refractivity contribution >= 4 is 20.7 Å². The van der Waals surface area contributed by atoms with Gasteiger partial charge < -0.3 is 4.98 Å². The number of aromatic amines is 1. The highest BCUT2D eigenvalue weighted by molar-refractivity contribution is 7.91. The summed E-state index contributed by atoms with van der Waals surface area (Å²) in [5.74, 6) is 0.0466. The van der Waals surface area contributed by atoms with Gasteiger partial charge in [-0.3, -0.25) is 9.36 Å². The van der Waals surface area contributed by atoms with E-state index in [0.717, 1.165) is 5.56 Å². The first-order chi connectivity index (χ1) is 9.87. The van der Waals surface area contributed by atoms with Crippen LogP contribution in [0.1, 0.15) is 24.4 Å². The number of aryl methyl sites for hydroxylation is 1. The lowest BCUT2D eigenvalue weighted by Crippen LogP contribution is -2.41. The molecule has 21 heavy (non-hydrogen) atoms. The van der Waals surface area contributed by atoms with Crippen LogP contribution in [-0.2, 0) is 9.84 Å². The van der Waals surface area contributed by atoms with Crippen LogP contribution in [0.2, 0.25) is 0 Å². The van der Waals surface area contributed by atoms with Crippen molar-refractivity contribution in [3.8, 4) is 0 Å². The number of hydrogen-bond donors (Lipinski definition) is 1. The Balaban J connectivity index is 2.14. The zero-order chi connectivity index (χ0) is 15.2. The summed E-state index contributed by atoms with van der Waals surface area (Å²) in [6.45, 7) is 1.88. The zero-order valence-electron chi connectivity index (χ0n) is 11.6. The van der Waals surface area contributed by atoms with Crippen LogP contribution in [0, 0.1) is 6.92 Å². The molecule has 1 saturated heterocycles. The van der Waals surface area contributed by atoms with Gasteiger partial charge in [0, 0.05) is 6.04 Å². The lowest BCUT2D eigenvalue weighted by Gasteiger charge is -2.23. The smallest absolute Gasteiger partial charge is 0.307 e. The molecule has 0 amide bonds. The molecule has 1 aliphatic rings. The number of benzene rings is 1. The van der Waals surface area contributed by atoms with Crippen LogP contribution in [0.25, 0.3) is 10.9 Å². The average Bonchev–Trinajstić information content (AvgIpc) is 2.40. The van der Waals surface area contributed by atoms with Crippen molar-refractivity contribution in [3.05, 3.63) is 44.6 Å². The first kappa shape index (κ1) is 14.1. The van der Waals surface area contributed by atoms with Gasteiger partial charge in [0.1, 0.15) is 9.84 Å². The van der Waals surface area contributed by atoms with Crippen LogP contribution >= 0.6 is 0 Å². The third-order valence-electron chi connectivity index (χ3n) is 3.97. The number of hydrogen-bond acceptors (Lipinski definition) is 4. The molecule has 3 rings (SSSR count). The van der Waals surface area contributed by atoms with E-state index in [1.807, 2.05) is 13.0 Å². The lowest BCUT2D eigenvalue weighted by atomic mass is 10.1. The molecule has 112 valence electrons. The second-order valence-electron chi connectivity index (χ2n) is 5.54. The Hall–Kier alpha value is -1.89.